The predicted octanol–water partition coefficient (Wildman–Crippen LogP) is 1.34. The molecular formula is C5H10NO-. The summed E-state index contributed by atoms with van der Waals surface area (Å²) in [4.78, 5) is 0. The lowest BCUT2D eigenvalue weighted by Crippen LogP contribution is -2.16. The molecule has 0 heterocycles. The molecule has 0 unspecified atom stereocenters. The molecule has 0 saturated carbocycles. The van der Waals surface area contributed by atoms with Crippen molar-refractivity contribution in [3.8, 4) is 0 Å². The molecule has 0 aromatic carbocycles. The van der Waals surface area contributed by atoms with Crippen molar-refractivity contribution >= 4 is 0 Å². The van der Waals surface area contributed by atoms with Crippen LogP contribution >= 0.6 is 0 Å². The molecule has 0 rings (SSSR count). The average molecular weight is 100 g/mol. The van der Waals surface area contributed by atoms with Crippen LogP contribution in [0.5, 0.6) is 0 Å². The van der Waals surface area contributed by atoms with Gasteiger partial charge in [-0.3, -0.25) is 0 Å². The van der Waals surface area contributed by atoms with E-state index < -0.39 is 0 Å². The van der Waals surface area contributed by atoms with Crippen LogP contribution in [0, 0.1) is 5.21 Å². The highest BCUT2D eigenvalue weighted by molar-refractivity contribution is 4.73. The van der Waals surface area contributed by atoms with Crippen LogP contribution in [-0.4, -0.2) is 11.1 Å². The maximum absolute atomic E-state index is 10.3. The molecule has 0 amide bonds. The van der Waals surface area contributed by atoms with Crippen molar-refractivity contribution in [2.75, 3.05) is 0 Å². The van der Waals surface area contributed by atoms with Crippen LogP contribution in [0.4, 0.5) is 0 Å². The van der Waals surface area contributed by atoms with E-state index in [9.17, 15) is 5.21 Å². The molecule has 0 fully saturated rings. The third-order valence-corrected chi connectivity index (χ3v) is 0.689. The Morgan fingerprint density at radius 3 is 2.14 bits per heavy atom. The second kappa shape index (κ2) is 2.64. The second-order valence-electron chi connectivity index (χ2n) is 1.64. The molecule has 0 radical (unpaired) electrons. The minimum absolute atomic E-state index is 0.0255. The average Bonchev–Trinajstić information content (AvgIpc) is 1.65. The lowest BCUT2D eigenvalue weighted by atomic mass is 10.4. The van der Waals surface area contributed by atoms with Crippen molar-refractivity contribution in [1.29, 1.82) is 0 Å². The zero-order valence-electron chi connectivity index (χ0n) is 4.72. The Bertz CT molecular complexity index is 61.1. The fourth-order valence-electron chi connectivity index (χ4n) is 0.211. The topological polar surface area (TPSA) is 26.3 Å². The molecule has 0 aromatic heterocycles. The molecule has 0 bridgehead atoms. The molecule has 2 nitrogen and oxygen atoms in total. The van der Waals surface area contributed by atoms with Gasteiger partial charge in [0.1, 0.15) is 0 Å². The Labute approximate surface area is 44.0 Å². The van der Waals surface area contributed by atoms with Crippen LogP contribution in [-0.2, 0) is 0 Å². The second-order valence-corrected chi connectivity index (χ2v) is 1.64. The lowest BCUT2D eigenvalue weighted by Gasteiger charge is -2.29. The summed E-state index contributed by atoms with van der Waals surface area (Å²) in [5.74, 6) is 0. The van der Waals surface area contributed by atoms with Crippen molar-refractivity contribution in [1.82, 2.24) is 5.06 Å². The molecule has 0 aromatic rings. The van der Waals surface area contributed by atoms with E-state index >= 15 is 0 Å². The Hall–Kier alpha value is -0.500. The van der Waals surface area contributed by atoms with E-state index in [0.29, 0.717) is 0 Å². The Kier molecular flexibility index (Phi) is 2.45. The number of hydrogen-bond acceptors (Lipinski definition) is 2. The van der Waals surface area contributed by atoms with E-state index in [4.69, 9.17) is 0 Å². The van der Waals surface area contributed by atoms with Gasteiger partial charge in [-0.25, -0.2) is 0 Å². The summed E-state index contributed by atoms with van der Waals surface area (Å²) < 4.78 is 0. The van der Waals surface area contributed by atoms with Gasteiger partial charge in [-0.05, 0) is 20.0 Å². The third-order valence-electron chi connectivity index (χ3n) is 0.689. The number of rotatable bonds is 2. The van der Waals surface area contributed by atoms with Crippen molar-refractivity contribution in [2.45, 2.75) is 19.9 Å². The standard InChI is InChI=1S/C5H10NO/c1-4-6(7)5(2)3/h4-5H,1H2,2-3H3/q-1. The Morgan fingerprint density at radius 2 is 2.14 bits per heavy atom. The first kappa shape index (κ1) is 6.50. The molecule has 42 valence electrons. The van der Waals surface area contributed by atoms with Gasteiger partial charge in [-0.15, -0.1) is 0 Å². The summed E-state index contributed by atoms with van der Waals surface area (Å²) >= 11 is 0. The number of hydrogen-bond donors (Lipinski definition) is 0. The van der Waals surface area contributed by atoms with Gasteiger partial charge in [0, 0.05) is 6.04 Å². The zero-order chi connectivity index (χ0) is 5.86. The van der Waals surface area contributed by atoms with E-state index in [1.54, 1.807) is 0 Å². The van der Waals surface area contributed by atoms with Crippen molar-refractivity contribution in [3.05, 3.63) is 18.0 Å². The van der Waals surface area contributed by atoms with Crippen molar-refractivity contribution in [3.63, 3.8) is 0 Å². The molecule has 0 aliphatic carbocycles. The molecular weight excluding hydrogens is 90.1 g/mol. The molecule has 2 heteroatoms. The van der Waals surface area contributed by atoms with E-state index in [0.717, 1.165) is 5.06 Å². The van der Waals surface area contributed by atoms with Gasteiger partial charge >= 0.3 is 0 Å². The summed E-state index contributed by atoms with van der Waals surface area (Å²) in [7, 11) is 0. The van der Waals surface area contributed by atoms with Crippen LogP contribution in [0.15, 0.2) is 12.8 Å². The van der Waals surface area contributed by atoms with Crippen LogP contribution in [0.3, 0.4) is 0 Å². The summed E-state index contributed by atoms with van der Waals surface area (Å²) in [5.41, 5.74) is 0. The van der Waals surface area contributed by atoms with Crippen LogP contribution < -0.4 is 0 Å². The maximum atomic E-state index is 10.3. The smallest absolute Gasteiger partial charge is 0.0111 e. The Balaban J connectivity index is 3.33. The first-order valence-corrected chi connectivity index (χ1v) is 2.26. The van der Waals surface area contributed by atoms with E-state index in [2.05, 4.69) is 6.58 Å². The molecule has 0 atom stereocenters. The minimum Gasteiger partial charge on any atom is -0.759 e. The SMILES string of the molecule is C=CN([O-])C(C)C. The van der Waals surface area contributed by atoms with Gasteiger partial charge in [-0.2, -0.15) is 0 Å². The monoisotopic (exact) mass is 100 g/mol. The highest BCUT2D eigenvalue weighted by Crippen LogP contribution is 1.91. The van der Waals surface area contributed by atoms with Gasteiger partial charge in [0.15, 0.2) is 0 Å². The molecule has 7 heavy (non-hydrogen) atoms. The predicted molar refractivity (Wildman–Crippen MR) is 30.5 cm³/mol. The normalized spacial score (nSPS) is 9.14. The summed E-state index contributed by atoms with van der Waals surface area (Å²) in [6, 6.07) is 0.0255. The van der Waals surface area contributed by atoms with E-state index in [1.165, 1.54) is 6.20 Å². The highest BCUT2D eigenvalue weighted by atomic mass is 16.5. The Morgan fingerprint density at radius 1 is 1.71 bits per heavy atom. The molecule has 0 aliphatic heterocycles. The molecule has 0 spiro atoms. The minimum atomic E-state index is 0.0255. The maximum Gasteiger partial charge on any atom is 0.0111 e. The van der Waals surface area contributed by atoms with Crippen LogP contribution in [0.1, 0.15) is 13.8 Å². The van der Waals surface area contributed by atoms with Crippen molar-refractivity contribution < 1.29 is 0 Å². The number of hydroxylamine groups is 2. The zero-order valence-corrected chi connectivity index (χ0v) is 4.72. The highest BCUT2D eigenvalue weighted by Gasteiger charge is 1.85. The molecule has 0 N–H and O–H groups in total. The van der Waals surface area contributed by atoms with Gasteiger partial charge in [0.2, 0.25) is 0 Å². The van der Waals surface area contributed by atoms with Gasteiger partial charge in [0.25, 0.3) is 0 Å². The first-order valence-electron chi connectivity index (χ1n) is 2.26. The fraction of sp³-hybridized carbons (Fsp3) is 0.600. The van der Waals surface area contributed by atoms with Crippen LogP contribution in [0.25, 0.3) is 0 Å². The lowest BCUT2D eigenvalue weighted by molar-refractivity contribution is 0.420. The summed E-state index contributed by atoms with van der Waals surface area (Å²) in [6.07, 6.45) is 1.27. The first-order chi connectivity index (χ1) is 3.18. The van der Waals surface area contributed by atoms with Crippen molar-refractivity contribution in [2.24, 2.45) is 0 Å². The third kappa shape index (κ3) is 2.23. The fourth-order valence-corrected chi connectivity index (χ4v) is 0.211. The quantitative estimate of drug-likeness (QED) is 0.489. The van der Waals surface area contributed by atoms with Gasteiger partial charge in [-0.1, -0.05) is 6.58 Å². The number of nitrogens with zero attached hydrogens (tertiary/aromatic N) is 1. The van der Waals surface area contributed by atoms with E-state index in [-0.39, 0.29) is 6.04 Å². The molecule has 0 aliphatic rings. The van der Waals surface area contributed by atoms with E-state index in [1.807, 2.05) is 13.8 Å². The largest absolute Gasteiger partial charge is 0.759 e. The summed E-state index contributed by atoms with van der Waals surface area (Å²) in [5, 5.41) is 11.1. The van der Waals surface area contributed by atoms with Gasteiger partial charge in [0.05, 0.1) is 0 Å². The summed E-state index contributed by atoms with van der Waals surface area (Å²) in [6.45, 7) is 6.92. The van der Waals surface area contributed by atoms with Crippen LogP contribution in [0.2, 0.25) is 0 Å². The van der Waals surface area contributed by atoms with Gasteiger partial charge < -0.3 is 10.3 Å². The molecule has 0 saturated heterocycles.